The van der Waals surface area contributed by atoms with Gasteiger partial charge in [-0.3, -0.25) is 9.59 Å². The number of ether oxygens (including phenoxy) is 1. The molecule has 2 aromatic carbocycles. The quantitative estimate of drug-likeness (QED) is 0.510. The van der Waals surface area contributed by atoms with Gasteiger partial charge in [0.1, 0.15) is 11.8 Å². The lowest BCUT2D eigenvalue weighted by molar-refractivity contribution is -0.123. The van der Waals surface area contributed by atoms with Crippen LogP contribution in [0, 0.1) is 12.8 Å². The summed E-state index contributed by atoms with van der Waals surface area (Å²) in [6, 6.07) is 12.1. The molecule has 0 bridgehead atoms. The Labute approximate surface area is 178 Å². The lowest BCUT2D eigenvalue weighted by atomic mass is 9.97. The van der Waals surface area contributed by atoms with Gasteiger partial charge in [0.2, 0.25) is 0 Å². The second-order valence-corrected chi connectivity index (χ2v) is 7.90. The SMILES string of the molecule is COc1cc(C)c(/C=N/NC(=O)C(NC(=O)c2ccccc2)C(C)C)cc1C(C)C. The molecule has 0 saturated carbocycles. The van der Waals surface area contributed by atoms with Crippen molar-refractivity contribution in [2.75, 3.05) is 7.11 Å². The van der Waals surface area contributed by atoms with Crippen molar-refractivity contribution in [2.24, 2.45) is 11.0 Å². The third-order valence-corrected chi connectivity index (χ3v) is 4.89. The van der Waals surface area contributed by atoms with E-state index in [1.807, 2.05) is 39.0 Å². The number of benzene rings is 2. The summed E-state index contributed by atoms with van der Waals surface area (Å²) in [7, 11) is 1.66. The van der Waals surface area contributed by atoms with Crippen LogP contribution in [-0.4, -0.2) is 31.2 Å². The third kappa shape index (κ3) is 5.92. The molecule has 2 N–H and O–H groups in total. The van der Waals surface area contributed by atoms with Crippen LogP contribution < -0.4 is 15.5 Å². The molecule has 1 atom stereocenters. The largest absolute Gasteiger partial charge is 0.496 e. The maximum atomic E-state index is 12.6. The lowest BCUT2D eigenvalue weighted by Gasteiger charge is -2.20. The zero-order valence-corrected chi connectivity index (χ0v) is 18.5. The molecule has 2 aromatic rings. The van der Waals surface area contributed by atoms with Crippen LogP contribution in [0.1, 0.15) is 60.7 Å². The molecule has 0 aromatic heterocycles. The van der Waals surface area contributed by atoms with Crippen molar-refractivity contribution in [1.82, 2.24) is 10.7 Å². The Morgan fingerprint density at radius 1 is 1.07 bits per heavy atom. The van der Waals surface area contributed by atoms with Crippen molar-refractivity contribution >= 4 is 18.0 Å². The van der Waals surface area contributed by atoms with Gasteiger partial charge < -0.3 is 10.1 Å². The smallest absolute Gasteiger partial charge is 0.262 e. The number of nitrogens with zero attached hydrogens (tertiary/aromatic N) is 1. The van der Waals surface area contributed by atoms with Gasteiger partial charge in [-0.2, -0.15) is 5.10 Å². The minimum absolute atomic E-state index is 0.0943. The highest BCUT2D eigenvalue weighted by atomic mass is 16.5. The minimum Gasteiger partial charge on any atom is -0.496 e. The Morgan fingerprint density at radius 2 is 1.73 bits per heavy atom. The van der Waals surface area contributed by atoms with Gasteiger partial charge in [0.15, 0.2) is 0 Å². The van der Waals surface area contributed by atoms with Crippen LogP contribution in [0.5, 0.6) is 5.75 Å². The van der Waals surface area contributed by atoms with E-state index in [-0.39, 0.29) is 17.7 Å². The number of carbonyl (C=O) groups excluding carboxylic acids is 2. The van der Waals surface area contributed by atoms with Gasteiger partial charge in [0.25, 0.3) is 11.8 Å². The van der Waals surface area contributed by atoms with E-state index in [1.54, 1.807) is 37.6 Å². The molecule has 2 amide bonds. The fraction of sp³-hybridized carbons (Fsp3) is 0.375. The first-order chi connectivity index (χ1) is 14.2. The molecule has 0 aliphatic rings. The van der Waals surface area contributed by atoms with E-state index in [1.165, 1.54) is 0 Å². The van der Waals surface area contributed by atoms with E-state index in [2.05, 4.69) is 29.7 Å². The van der Waals surface area contributed by atoms with E-state index in [0.29, 0.717) is 11.5 Å². The molecule has 0 saturated heterocycles. The second kappa shape index (κ2) is 10.6. The number of aryl methyl sites for hydroxylation is 1. The summed E-state index contributed by atoms with van der Waals surface area (Å²) in [6.07, 6.45) is 1.62. The first kappa shape index (κ1) is 23.1. The Kier molecular flexibility index (Phi) is 8.16. The number of methoxy groups -OCH3 is 1. The zero-order valence-electron chi connectivity index (χ0n) is 18.5. The van der Waals surface area contributed by atoms with Crippen molar-refractivity contribution in [3.05, 3.63) is 64.7 Å². The Hall–Kier alpha value is -3.15. The van der Waals surface area contributed by atoms with Gasteiger partial charge in [0, 0.05) is 5.56 Å². The lowest BCUT2D eigenvalue weighted by Crippen LogP contribution is -2.48. The first-order valence-electron chi connectivity index (χ1n) is 10.1. The molecule has 6 nitrogen and oxygen atoms in total. The number of hydrogen-bond donors (Lipinski definition) is 2. The number of hydrazone groups is 1. The molecule has 30 heavy (non-hydrogen) atoms. The van der Waals surface area contributed by atoms with Crippen LogP contribution in [0.25, 0.3) is 0 Å². The maximum Gasteiger partial charge on any atom is 0.262 e. The molecular weight excluding hydrogens is 378 g/mol. The predicted octanol–water partition coefficient (Wildman–Crippen LogP) is 4.03. The maximum absolute atomic E-state index is 12.6. The van der Waals surface area contributed by atoms with Crippen LogP contribution in [0.4, 0.5) is 0 Å². The van der Waals surface area contributed by atoms with Crippen molar-refractivity contribution in [1.29, 1.82) is 0 Å². The molecule has 1 unspecified atom stereocenters. The Morgan fingerprint density at radius 3 is 2.30 bits per heavy atom. The zero-order chi connectivity index (χ0) is 22.3. The van der Waals surface area contributed by atoms with E-state index in [4.69, 9.17) is 4.74 Å². The van der Waals surface area contributed by atoms with Crippen molar-refractivity contribution in [3.8, 4) is 5.75 Å². The van der Waals surface area contributed by atoms with Crippen molar-refractivity contribution < 1.29 is 14.3 Å². The van der Waals surface area contributed by atoms with E-state index >= 15 is 0 Å². The van der Waals surface area contributed by atoms with E-state index in [9.17, 15) is 9.59 Å². The summed E-state index contributed by atoms with van der Waals surface area (Å²) in [5, 5.41) is 6.92. The summed E-state index contributed by atoms with van der Waals surface area (Å²) < 4.78 is 5.46. The molecule has 2 rings (SSSR count). The second-order valence-electron chi connectivity index (χ2n) is 7.90. The summed E-state index contributed by atoms with van der Waals surface area (Å²) in [4.78, 5) is 25.1. The highest BCUT2D eigenvalue weighted by Gasteiger charge is 2.24. The summed E-state index contributed by atoms with van der Waals surface area (Å²) in [6.45, 7) is 9.91. The molecule has 0 spiro atoms. The molecule has 0 aliphatic carbocycles. The van der Waals surface area contributed by atoms with E-state index < -0.39 is 6.04 Å². The van der Waals surface area contributed by atoms with Crippen LogP contribution in [-0.2, 0) is 4.79 Å². The van der Waals surface area contributed by atoms with Gasteiger partial charge in [-0.05, 0) is 59.7 Å². The van der Waals surface area contributed by atoms with Gasteiger partial charge in [-0.15, -0.1) is 0 Å². The standard InChI is InChI=1S/C24H31N3O3/c1-15(2)20-13-19(17(5)12-21(20)30-6)14-25-27-24(29)22(16(3)4)26-23(28)18-10-8-7-9-11-18/h7-16,22H,1-6H3,(H,26,28)(H,27,29)/b25-14+. The topological polar surface area (TPSA) is 79.8 Å². The Bertz CT molecular complexity index is 905. The molecule has 160 valence electrons. The van der Waals surface area contributed by atoms with Crippen LogP contribution in [0.3, 0.4) is 0 Å². The summed E-state index contributed by atoms with van der Waals surface area (Å²) in [5.41, 5.74) is 6.03. The number of amides is 2. The van der Waals surface area contributed by atoms with Crippen LogP contribution in [0.15, 0.2) is 47.6 Å². The number of rotatable bonds is 8. The van der Waals surface area contributed by atoms with Gasteiger partial charge in [-0.1, -0.05) is 45.9 Å². The molecule has 6 heteroatoms. The number of carbonyl (C=O) groups is 2. The molecular formula is C24H31N3O3. The van der Waals surface area contributed by atoms with Gasteiger partial charge in [0.05, 0.1) is 13.3 Å². The highest BCUT2D eigenvalue weighted by molar-refractivity contribution is 5.97. The third-order valence-electron chi connectivity index (χ3n) is 4.89. The normalized spacial score (nSPS) is 12.3. The van der Waals surface area contributed by atoms with Crippen molar-refractivity contribution in [2.45, 2.75) is 46.6 Å². The summed E-state index contributed by atoms with van der Waals surface area (Å²) >= 11 is 0. The minimum atomic E-state index is -0.696. The fourth-order valence-corrected chi connectivity index (χ4v) is 3.07. The first-order valence-corrected chi connectivity index (χ1v) is 10.1. The van der Waals surface area contributed by atoms with Gasteiger partial charge in [-0.25, -0.2) is 5.43 Å². The molecule has 0 aliphatic heterocycles. The summed E-state index contributed by atoms with van der Waals surface area (Å²) in [5.74, 6) is 0.387. The van der Waals surface area contributed by atoms with Gasteiger partial charge >= 0.3 is 0 Å². The van der Waals surface area contributed by atoms with Crippen LogP contribution >= 0.6 is 0 Å². The molecule has 0 fully saturated rings. The molecule has 0 heterocycles. The van der Waals surface area contributed by atoms with E-state index in [0.717, 1.165) is 22.4 Å². The predicted molar refractivity (Wildman–Crippen MR) is 120 cm³/mol. The number of hydrogen-bond acceptors (Lipinski definition) is 4. The molecule has 0 radical (unpaired) electrons. The highest BCUT2D eigenvalue weighted by Crippen LogP contribution is 2.29. The monoisotopic (exact) mass is 409 g/mol. The van der Waals surface area contributed by atoms with Crippen molar-refractivity contribution in [3.63, 3.8) is 0 Å². The fourth-order valence-electron chi connectivity index (χ4n) is 3.07. The van der Waals surface area contributed by atoms with Crippen LogP contribution in [0.2, 0.25) is 0 Å². The Balaban J connectivity index is 2.11. The average Bonchev–Trinajstić information content (AvgIpc) is 2.72. The average molecular weight is 410 g/mol. The number of nitrogens with one attached hydrogen (secondary N) is 2.